The van der Waals surface area contributed by atoms with Crippen molar-refractivity contribution in [3.8, 4) is 5.75 Å². The number of rotatable bonds is 7. The third-order valence-corrected chi connectivity index (χ3v) is 4.22. The van der Waals surface area contributed by atoms with Gasteiger partial charge in [0.2, 0.25) is 0 Å². The number of anilines is 1. The van der Waals surface area contributed by atoms with Crippen LogP contribution in [0.25, 0.3) is 0 Å². The van der Waals surface area contributed by atoms with Gasteiger partial charge in [0.05, 0.1) is 12.1 Å². The van der Waals surface area contributed by atoms with Crippen LogP contribution in [0.1, 0.15) is 29.8 Å². The Morgan fingerprint density at radius 2 is 1.79 bits per heavy atom. The van der Waals surface area contributed by atoms with Crippen molar-refractivity contribution in [1.82, 2.24) is 4.90 Å². The van der Waals surface area contributed by atoms with Crippen molar-refractivity contribution in [2.45, 2.75) is 20.4 Å². The number of amides is 1. The summed E-state index contributed by atoms with van der Waals surface area (Å²) in [6.45, 7) is 7.26. The summed E-state index contributed by atoms with van der Waals surface area (Å²) in [6.07, 6.45) is 0. The second kappa shape index (κ2) is 8.71. The Hall–Kier alpha value is -2.04. The quantitative estimate of drug-likeness (QED) is 0.805. The summed E-state index contributed by atoms with van der Waals surface area (Å²) in [5.41, 5.74) is 2.48. The van der Waals surface area contributed by atoms with Gasteiger partial charge in [0, 0.05) is 17.8 Å². The number of methoxy groups -OCH3 is 1. The van der Waals surface area contributed by atoms with Gasteiger partial charge in [0.25, 0.3) is 5.91 Å². The first kappa shape index (κ1) is 18.3. The number of nitrogens with zero attached hydrogens (tertiary/aromatic N) is 1. The molecule has 1 amide bonds. The van der Waals surface area contributed by atoms with Gasteiger partial charge < -0.3 is 10.1 Å². The van der Waals surface area contributed by atoms with Crippen molar-refractivity contribution in [3.63, 3.8) is 0 Å². The third kappa shape index (κ3) is 4.73. The zero-order valence-electron chi connectivity index (χ0n) is 14.3. The zero-order chi connectivity index (χ0) is 17.5. The molecule has 5 heteroatoms. The Balaban J connectivity index is 2.02. The van der Waals surface area contributed by atoms with Crippen molar-refractivity contribution >= 4 is 23.2 Å². The molecule has 0 aliphatic heterocycles. The summed E-state index contributed by atoms with van der Waals surface area (Å²) in [5.74, 6) is 0.352. The minimum Gasteiger partial charge on any atom is -0.495 e. The molecule has 0 fully saturated rings. The molecule has 0 atom stereocenters. The number of ether oxygens (including phenoxy) is 1. The van der Waals surface area contributed by atoms with Gasteiger partial charge in [-0.1, -0.05) is 37.6 Å². The van der Waals surface area contributed by atoms with Crippen molar-refractivity contribution in [2.75, 3.05) is 25.5 Å². The fraction of sp³-hybridized carbons (Fsp3) is 0.316. The fourth-order valence-corrected chi connectivity index (χ4v) is 2.67. The van der Waals surface area contributed by atoms with Crippen LogP contribution in [-0.2, 0) is 6.54 Å². The highest BCUT2D eigenvalue weighted by atomic mass is 35.5. The van der Waals surface area contributed by atoms with Crippen LogP contribution in [0, 0.1) is 0 Å². The van der Waals surface area contributed by atoms with E-state index in [1.807, 2.05) is 24.3 Å². The molecule has 0 radical (unpaired) electrons. The maximum absolute atomic E-state index is 12.3. The molecular formula is C19H23ClN2O2. The molecule has 0 heterocycles. The highest BCUT2D eigenvalue weighted by Gasteiger charge is 2.09. The Kier molecular flexibility index (Phi) is 6.64. The Morgan fingerprint density at radius 3 is 2.33 bits per heavy atom. The molecular weight excluding hydrogens is 324 g/mol. The molecule has 0 aliphatic carbocycles. The van der Waals surface area contributed by atoms with E-state index in [9.17, 15) is 4.79 Å². The fourth-order valence-electron chi connectivity index (χ4n) is 2.41. The molecule has 0 saturated heterocycles. The minimum absolute atomic E-state index is 0.198. The zero-order valence-corrected chi connectivity index (χ0v) is 15.1. The number of halogens is 1. The van der Waals surface area contributed by atoms with E-state index in [1.54, 1.807) is 25.3 Å². The lowest BCUT2D eigenvalue weighted by molar-refractivity contribution is 0.102. The number of benzene rings is 2. The van der Waals surface area contributed by atoms with E-state index in [1.165, 1.54) is 5.56 Å². The smallest absolute Gasteiger partial charge is 0.255 e. The normalized spacial score (nSPS) is 10.7. The van der Waals surface area contributed by atoms with Crippen molar-refractivity contribution in [3.05, 3.63) is 58.6 Å². The maximum Gasteiger partial charge on any atom is 0.255 e. The van der Waals surface area contributed by atoms with E-state index in [0.29, 0.717) is 16.3 Å². The van der Waals surface area contributed by atoms with Crippen LogP contribution in [0.2, 0.25) is 5.02 Å². The number of nitrogens with one attached hydrogen (secondary N) is 1. The average molecular weight is 347 g/mol. The topological polar surface area (TPSA) is 41.6 Å². The lowest BCUT2D eigenvalue weighted by Gasteiger charge is -2.18. The number of carbonyl (C=O) groups is 1. The van der Waals surface area contributed by atoms with E-state index in [0.717, 1.165) is 25.3 Å². The molecule has 2 rings (SSSR count). The summed E-state index contributed by atoms with van der Waals surface area (Å²) < 4.78 is 5.09. The van der Waals surface area contributed by atoms with Crippen LogP contribution >= 0.6 is 11.6 Å². The van der Waals surface area contributed by atoms with Gasteiger partial charge >= 0.3 is 0 Å². The number of carbonyl (C=O) groups excluding carboxylic acids is 1. The Labute approximate surface area is 148 Å². The van der Waals surface area contributed by atoms with Crippen LogP contribution < -0.4 is 10.1 Å². The minimum atomic E-state index is -0.198. The van der Waals surface area contributed by atoms with Gasteiger partial charge in [0.15, 0.2) is 0 Å². The molecule has 2 aromatic carbocycles. The van der Waals surface area contributed by atoms with Gasteiger partial charge in [-0.2, -0.15) is 0 Å². The third-order valence-electron chi connectivity index (χ3n) is 3.93. The van der Waals surface area contributed by atoms with Crippen LogP contribution in [-0.4, -0.2) is 31.0 Å². The van der Waals surface area contributed by atoms with Gasteiger partial charge in [0.1, 0.15) is 5.75 Å². The largest absolute Gasteiger partial charge is 0.495 e. The number of hydrogen-bond donors (Lipinski definition) is 1. The lowest BCUT2D eigenvalue weighted by Crippen LogP contribution is -2.22. The molecule has 0 aromatic heterocycles. The van der Waals surface area contributed by atoms with E-state index in [2.05, 4.69) is 24.1 Å². The Bertz CT molecular complexity index is 682. The highest BCUT2D eigenvalue weighted by Crippen LogP contribution is 2.25. The summed E-state index contributed by atoms with van der Waals surface area (Å²) >= 11 is 6.06. The predicted molar refractivity (Wildman–Crippen MR) is 99.0 cm³/mol. The van der Waals surface area contributed by atoms with E-state index in [4.69, 9.17) is 16.3 Å². The van der Waals surface area contributed by atoms with Gasteiger partial charge in [-0.25, -0.2) is 0 Å². The summed E-state index contributed by atoms with van der Waals surface area (Å²) in [4.78, 5) is 14.6. The highest BCUT2D eigenvalue weighted by molar-refractivity contribution is 6.32. The molecule has 0 saturated carbocycles. The molecule has 0 aliphatic rings. The first-order valence-electron chi connectivity index (χ1n) is 8.03. The molecule has 0 unspecified atom stereocenters. The standard InChI is InChI=1S/C19H23ClN2O2/c1-4-22(5-2)13-14-6-9-16(10-7-14)21-19(23)15-8-11-18(24-3)17(20)12-15/h6-12H,4-5,13H2,1-3H3,(H,21,23). The van der Waals surface area contributed by atoms with Crippen molar-refractivity contribution in [1.29, 1.82) is 0 Å². The molecule has 0 bridgehead atoms. The molecule has 1 N–H and O–H groups in total. The van der Waals surface area contributed by atoms with Gasteiger partial charge in [-0.15, -0.1) is 0 Å². The summed E-state index contributed by atoms with van der Waals surface area (Å²) in [5, 5.41) is 3.30. The molecule has 4 nitrogen and oxygen atoms in total. The first-order chi connectivity index (χ1) is 11.6. The first-order valence-corrected chi connectivity index (χ1v) is 8.41. The van der Waals surface area contributed by atoms with Gasteiger partial charge in [-0.05, 0) is 49.0 Å². The van der Waals surface area contributed by atoms with E-state index >= 15 is 0 Å². The molecule has 0 spiro atoms. The van der Waals surface area contributed by atoms with Crippen molar-refractivity contribution < 1.29 is 9.53 Å². The van der Waals surface area contributed by atoms with E-state index in [-0.39, 0.29) is 5.91 Å². The van der Waals surface area contributed by atoms with E-state index < -0.39 is 0 Å². The van der Waals surface area contributed by atoms with Crippen molar-refractivity contribution in [2.24, 2.45) is 0 Å². The molecule has 24 heavy (non-hydrogen) atoms. The second-order valence-electron chi connectivity index (χ2n) is 5.46. The lowest BCUT2D eigenvalue weighted by atomic mass is 10.1. The Morgan fingerprint density at radius 1 is 1.12 bits per heavy atom. The van der Waals surface area contributed by atoms with Crippen LogP contribution in [0.5, 0.6) is 5.75 Å². The predicted octanol–water partition coefficient (Wildman–Crippen LogP) is 4.44. The SMILES string of the molecule is CCN(CC)Cc1ccc(NC(=O)c2ccc(OC)c(Cl)c2)cc1. The second-order valence-corrected chi connectivity index (χ2v) is 5.87. The van der Waals surface area contributed by atoms with Gasteiger partial charge in [-0.3, -0.25) is 9.69 Å². The average Bonchev–Trinajstić information content (AvgIpc) is 2.60. The van der Waals surface area contributed by atoms with Crippen LogP contribution in [0.15, 0.2) is 42.5 Å². The molecule has 128 valence electrons. The number of hydrogen-bond acceptors (Lipinski definition) is 3. The molecule has 2 aromatic rings. The maximum atomic E-state index is 12.3. The van der Waals surface area contributed by atoms with Crippen LogP contribution in [0.3, 0.4) is 0 Å². The monoisotopic (exact) mass is 346 g/mol. The summed E-state index contributed by atoms with van der Waals surface area (Å²) in [7, 11) is 1.54. The van der Waals surface area contributed by atoms with Crippen LogP contribution in [0.4, 0.5) is 5.69 Å². The summed E-state index contributed by atoms with van der Waals surface area (Å²) in [6, 6.07) is 12.9.